The molecule has 0 aliphatic carbocycles. The minimum absolute atomic E-state index is 0.257. The first-order chi connectivity index (χ1) is 11.2. The lowest BCUT2D eigenvalue weighted by atomic mass is 10.2. The smallest absolute Gasteiger partial charge is 0.343 e. The van der Waals surface area contributed by atoms with Gasteiger partial charge < -0.3 is 9.47 Å². The molecule has 0 aliphatic heterocycles. The normalized spacial score (nSPS) is 10.1. The fourth-order valence-electron chi connectivity index (χ4n) is 2.06. The average Bonchev–Trinajstić information content (AvgIpc) is 2.59. The van der Waals surface area contributed by atoms with Crippen molar-refractivity contribution < 1.29 is 19.1 Å². The first-order valence-electron chi connectivity index (χ1n) is 7.74. The number of hydrogen-bond acceptors (Lipinski definition) is 4. The molecule has 0 saturated heterocycles. The zero-order chi connectivity index (χ0) is 16.5. The molecular weight excluding hydrogens is 292 g/mol. The largest absolute Gasteiger partial charge is 0.494 e. The van der Waals surface area contributed by atoms with Crippen molar-refractivity contribution in [3.63, 3.8) is 0 Å². The Balaban J connectivity index is 1.96. The molecule has 0 amide bonds. The third-order valence-electron chi connectivity index (χ3n) is 3.36. The third-order valence-corrected chi connectivity index (χ3v) is 3.36. The van der Waals surface area contributed by atoms with Crippen LogP contribution < -0.4 is 9.47 Å². The molecule has 0 saturated carbocycles. The van der Waals surface area contributed by atoms with Gasteiger partial charge in [0.15, 0.2) is 6.29 Å². The van der Waals surface area contributed by atoms with Gasteiger partial charge in [0.2, 0.25) is 0 Å². The van der Waals surface area contributed by atoms with Gasteiger partial charge in [-0.15, -0.1) is 0 Å². The Morgan fingerprint density at radius 2 is 1.78 bits per heavy atom. The van der Waals surface area contributed by atoms with Gasteiger partial charge in [-0.25, -0.2) is 4.79 Å². The maximum atomic E-state index is 12.1. The molecule has 4 nitrogen and oxygen atoms in total. The lowest BCUT2D eigenvalue weighted by Crippen LogP contribution is -2.09. The molecule has 0 spiro atoms. The van der Waals surface area contributed by atoms with Crippen molar-refractivity contribution in [1.29, 1.82) is 0 Å². The number of ether oxygens (including phenoxy) is 2. The molecule has 0 N–H and O–H groups in total. The topological polar surface area (TPSA) is 52.6 Å². The molecule has 0 atom stereocenters. The summed E-state index contributed by atoms with van der Waals surface area (Å²) in [5.74, 6) is 0.482. The summed E-state index contributed by atoms with van der Waals surface area (Å²) in [7, 11) is 0. The van der Waals surface area contributed by atoms with E-state index in [9.17, 15) is 9.59 Å². The molecule has 0 fully saturated rings. The van der Waals surface area contributed by atoms with Crippen molar-refractivity contribution in [1.82, 2.24) is 0 Å². The van der Waals surface area contributed by atoms with E-state index in [1.165, 1.54) is 0 Å². The van der Waals surface area contributed by atoms with Crippen LogP contribution in [-0.4, -0.2) is 18.9 Å². The summed E-state index contributed by atoms with van der Waals surface area (Å²) in [4.78, 5) is 23.0. The molecule has 120 valence electrons. The van der Waals surface area contributed by atoms with E-state index in [1.807, 2.05) is 0 Å². The first kappa shape index (κ1) is 16.7. The second-order valence-electron chi connectivity index (χ2n) is 5.13. The highest BCUT2D eigenvalue weighted by molar-refractivity contribution is 5.92. The van der Waals surface area contributed by atoms with Crippen LogP contribution in [-0.2, 0) is 0 Å². The lowest BCUT2D eigenvalue weighted by Gasteiger charge is -2.08. The lowest BCUT2D eigenvalue weighted by molar-refractivity contribution is 0.0733. The van der Waals surface area contributed by atoms with Gasteiger partial charge in [-0.3, -0.25) is 4.79 Å². The number of aldehydes is 1. The average molecular weight is 312 g/mol. The zero-order valence-electron chi connectivity index (χ0n) is 13.2. The van der Waals surface area contributed by atoms with E-state index in [4.69, 9.17) is 9.47 Å². The van der Waals surface area contributed by atoms with Gasteiger partial charge in [-0.1, -0.05) is 31.9 Å². The minimum Gasteiger partial charge on any atom is -0.494 e. The van der Waals surface area contributed by atoms with Crippen molar-refractivity contribution in [3.8, 4) is 11.5 Å². The maximum absolute atomic E-state index is 12.1. The van der Waals surface area contributed by atoms with Crippen molar-refractivity contribution in [2.75, 3.05) is 6.61 Å². The van der Waals surface area contributed by atoms with Crippen molar-refractivity contribution in [3.05, 3.63) is 59.7 Å². The van der Waals surface area contributed by atoms with E-state index in [-0.39, 0.29) is 5.75 Å². The summed E-state index contributed by atoms with van der Waals surface area (Å²) >= 11 is 0. The molecule has 0 unspecified atom stereocenters. The van der Waals surface area contributed by atoms with Crippen molar-refractivity contribution >= 4 is 12.3 Å². The Kier molecular flexibility index (Phi) is 6.36. The van der Waals surface area contributed by atoms with Crippen LogP contribution in [0.4, 0.5) is 0 Å². The van der Waals surface area contributed by atoms with Crippen LogP contribution >= 0.6 is 0 Å². The van der Waals surface area contributed by atoms with Crippen molar-refractivity contribution in [2.45, 2.75) is 26.2 Å². The highest BCUT2D eigenvalue weighted by atomic mass is 16.5. The van der Waals surface area contributed by atoms with E-state index >= 15 is 0 Å². The molecule has 4 heteroatoms. The van der Waals surface area contributed by atoms with Crippen LogP contribution in [0.3, 0.4) is 0 Å². The van der Waals surface area contributed by atoms with Gasteiger partial charge in [-0.2, -0.15) is 0 Å². The molecule has 2 rings (SSSR count). The van der Waals surface area contributed by atoms with Crippen LogP contribution in [0, 0.1) is 0 Å². The molecule has 0 bridgehead atoms. The number of rotatable bonds is 8. The number of para-hydroxylation sites is 1. The number of hydrogen-bond donors (Lipinski definition) is 0. The molecule has 0 radical (unpaired) electrons. The highest BCUT2D eigenvalue weighted by Crippen LogP contribution is 2.19. The SMILES string of the molecule is CCCCCOc1ccc(C(=O)Oc2ccccc2C=O)cc1. The van der Waals surface area contributed by atoms with E-state index in [0.29, 0.717) is 24.0 Å². The quantitative estimate of drug-likeness (QED) is 0.316. The van der Waals surface area contributed by atoms with Crippen LogP contribution in [0.1, 0.15) is 46.9 Å². The van der Waals surface area contributed by atoms with Crippen LogP contribution in [0.15, 0.2) is 48.5 Å². The molecule has 2 aromatic carbocycles. The highest BCUT2D eigenvalue weighted by Gasteiger charge is 2.11. The van der Waals surface area contributed by atoms with Crippen molar-refractivity contribution in [2.24, 2.45) is 0 Å². The first-order valence-corrected chi connectivity index (χ1v) is 7.74. The molecule has 0 aliphatic rings. The van der Waals surface area contributed by atoms with Gasteiger partial charge in [0.1, 0.15) is 11.5 Å². The second kappa shape index (κ2) is 8.73. The number of carbonyl (C=O) groups is 2. The Labute approximate surface area is 136 Å². The van der Waals surface area contributed by atoms with E-state index in [1.54, 1.807) is 48.5 Å². The Morgan fingerprint density at radius 1 is 1.04 bits per heavy atom. The molecule has 0 aromatic heterocycles. The Hall–Kier alpha value is -2.62. The molecule has 0 heterocycles. The summed E-state index contributed by atoms with van der Waals surface area (Å²) < 4.78 is 10.9. The fraction of sp³-hybridized carbons (Fsp3) is 0.263. The fourth-order valence-corrected chi connectivity index (χ4v) is 2.06. The Bertz CT molecular complexity index is 647. The van der Waals surface area contributed by atoms with Crippen LogP contribution in [0.5, 0.6) is 11.5 Å². The van der Waals surface area contributed by atoms with E-state index < -0.39 is 5.97 Å². The van der Waals surface area contributed by atoms with Crippen LogP contribution in [0.25, 0.3) is 0 Å². The molecule has 2 aromatic rings. The predicted molar refractivity (Wildman–Crippen MR) is 88.3 cm³/mol. The number of unbranched alkanes of at least 4 members (excludes halogenated alkanes) is 2. The maximum Gasteiger partial charge on any atom is 0.343 e. The van der Waals surface area contributed by atoms with Gasteiger partial charge in [-0.05, 0) is 42.8 Å². The van der Waals surface area contributed by atoms with Gasteiger partial charge in [0, 0.05) is 0 Å². The Morgan fingerprint density at radius 3 is 2.48 bits per heavy atom. The van der Waals surface area contributed by atoms with Gasteiger partial charge >= 0.3 is 5.97 Å². The summed E-state index contributed by atoms with van der Waals surface area (Å²) in [5, 5.41) is 0. The summed E-state index contributed by atoms with van der Waals surface area (Å²) in [6.45, 7) is 2.81. The number of carbonyl (C=O) groups excluding carboxylic acids is 2. The van der Waals surface area contributed by atoms with Gasteiger partial charge in [0.05, 0.1) is 17.7 Å². The predicted octanol–water partition coefficient (Wildman–Crippen LogP) is 4.29. The van der Waals surface area contributed by atoms with E-state index in [2.05, 4.69) is 6.92 Å². The standard InChI is InChI=1S/C19H20O4/c1-2-3-6-13-22-17-11-9-15(10-12-17)19(21)23-18-8-5-4-7-16(18)14-20/h4-5,7-12,14H,2-3,6,13H2,1H3. The molecular formula is C19H20O4. The number of esters is 1. The number of benzene rings is 2. The zero-order valence-corrected chi connectivity index (χ0v) is 13.2. The van der Waals surface area contributed by atoms with Gasteiger partial charge in [0.25, 0.3) is 0 Å². The second-order valence-corrected chi connectivity index (χ2v) is 5.13. The summed E-state index contributed by atoms with van der Waals surface area (Å²) in [6.07, 6.45) is 3.97. The minimum atomic E-state index is -0.503. The summed E-state index contributed by atoms with van der Waals surface area (Å²) in [6, 6.07) is 13.4. The summed E-state index contributed by atoms with van der Waals surface area (Å²) in [5.41, 5.74) is 0.753. The third kappa shape index (κ3) is 4.95. The monoisotopic (exact) mass is 312 g/mol. The molecule has 23 heavy (non-hydrogen) atoms. The van der Waals surface area contributed by atoms with Crippen LogP contribution in [0.2, 0.25) is 0 Å². The van der Waals surface area contributed by atoms with E-state index in [0.717, 1.165) is 25.0 Å².